The van der Waals surface area contributed by atoms with Gasteiger partial charge in [-0.3, -0.25) is 9.48 Å². The van der Waals surface area contributed by atoms with Gasteiger partial charge in [-0.05, 0) is 18.2 Å². The van der Waals surface area contributed by atoms with Gasteiger partial charge in [0, 0.05) is 12.7 Å². The second-order valence-corrected chi connectivity index (χ2v) is 4.46. The highest BCUT2D eigenvalue weighted by atomic mass is 35.5. The van der Waals surface area contributed by atoms with E-state index in [4.69, 9.17) is 28.9 Å². The number of nitrogens with two attached hydrogens (primary N) is 1. The summed E-state index contributed by atoms with van der Waals surface area (Å²) in [5.41, 5.74) is 6.55. The number of anilines is 2. The van der Waals surface area contributed by atoms with Crippen LogP contribution in [0.2, 0.25) is 10.0 Å². The van der Waals surface area contributed by atoms with Gasteiger partial charge in [0.05, 0.1) is 16.2 Å². The molecule has 1 amide bonds. The molecule has 3 N–H and O–H groups in total. The highest BCUT2D eigenvalue weighted by molar-refractivity contribution is 6.42. The standard InChI is InChI=1S/C11H10Cl2N4O/c1-17-10(14)7(5-15-17)11(18)16-6-2-3-8(12)9(13)4-6/h2-5H,14H2,1H3,(H,16,18). The van der Waals surface area contributed by atoms with Gasteiger partial charge in [-0.15, -0.1) is 0 Å². The number of aromatic nitrogens is 2. The summed E-state index contributed by atoms with van der Waals surface area (Å²) in [6, 6.07) is 4.82. The van der Waals surface area contributed by atoms with E-state index in [9.17, 15) is 4.79 Å². The van der Waals surface area contributed by atoms with Crippen molar-refractivity contribution in [3.05, 3.63) is 40.0 Å². The molecule has 7 heteroatoms. The molecule has 0 saturated carbocycles. The minimum atomic E-state index is -0.348. The number of rotatable bonds is 2. The summed E-state index contributed by atoms with van der Waals surface area (Å²) in [4.78, 5) is 11.9. The van der Waals surface area contributed by atoms with E-state index in [0.717, 1.165) is 0 Å². The minimum Gasteiger partial charge on any atom is -0.383 e. The molecule has 0 bridgehead atoms. The van der Waals surface area contributed by atoms with Crippen LogP contribution in [0.5, 0.6) is 0 Å². The summed E-state index contributed by atoms with van der Waals surface area (Å²) < 4.78 is 1.42. The zero-order valence-electron chi connectivity index (χ0n) is 9.45. The number of hydrogen-bond acceptors (Lipinski definition) is 3. The molecule has 94 valence electrons. The Bertz CT molecular complexity index is 609. The second kappa shape index (κ2) is 4.88. The maximum atomic E-state index is 11.9. The van der Waals surface area contributed by atoms with Gasteiger partial charge in [-0.25, -0.2) is 0 Å². The van der Waals surface area contributed by atoms with Gasteiger partial charge in [0.2, 0.25) is 0 Å². The number of nitrogens with one attached hydrogen (secondary N) is 1. The molecule has 1 aromatic heterocycles. The van der Waals surface area contributed by atoms with Crippen LogP contribution >= 0.6 is 23.2 Å². The van der Waals surface area contributed by atoms with Crippen LogP contribution in [0.3, 0.4) is 0 Å². The van der Waals surface area contributed by atoms with Gasteiger partial charge >= 0.3 is 0 Å². The van der Waals surface area contributed by atoms with Gasteiger partial charge in [-0.1, -0.05) is 23.2 Å². The van der Waals surface area contributed by atoms with E-state index in [1.165, 1.54) is 10.9 Å². The average molecular weight is 285 g/mol. The number of aryl methyl sites for hydroxylation is 1. The fraction of sp³-hybridized carbons (Fsp3) is 0.0909. The summed E-state index contributed by atoms with van der Waals surface area (Å²) in [6.45, 7) is 0. The SMILES string of the molecule is Cn1ncc(C(=O)Nc2ccc(Cl)c(Cl)c2)c1N. The summed E-state index contributed by atoms with van der Waals surface area (Å²) >= 11 is 11.6. The lowest BCUT2D eigenvalue weighted by molar-refractivity contribution is 0.102. The molecule has 0 aliphatic heterocycles. The van der Waals surface area contributed by atoms with Crippen molar-refractivity contribution < 1.29 is 4.79 Å². The molecule has 0 fully saturated rings. The number of nitrogens with zero attached hydrogens (tertiary/aromatic N) is 2. The van der Waals surface area contributed by atoms with Gasteiger partial charge in [0.1, 0.15) is 11.4 Å². The van der Waals surface area contributed by atoms with Crippen LogP contribution in [0.1, 0.15) is 10.4 Å². The predicted molar refractivity (Wildman–Crippen MR) is 72.0 cm³/mol. The summed E-state index contributed by atoms with van der Waals surface area (Å²) in [7, 11) is 1.66. The summed E-state index contributed by atoms with van der Waals surface area (Å²) in [6.07, 6.45) is 1.40. The number of hydrogen-bond donors (Lipinski definition) is 2. The second-order valence-electron chi connectivity index (χ2n) is 3.65. The molecule has 0 radical (unpaired) electrons. The van der Waals surface area contributed by atoms with Crippen LogP contribution in [0.25, 0.3) is 0 Å². The smallest absolute Gasteiger partial charge is 0.261 e. The lowest BCUT2D eigenvalue weighted by atomic mass is 10.2. The van der Waals surface area contributed by atoms with Crippen LogP contribution in [-0.4, -0.2) is 15.7 Å². The Labute approximate surface area is 113 Å². The summed E-state index contributed by atoms with van der Waals surface area (Å²) in [5, 5.41) is 7.35. The number of amides is 1. The molecule has 0 saturated heterocycles. The van der Waals surface area contributed by atoms with E-state index < -0.39 is 0 Å². The molecule has 0 aliphatic carbocycles. The third-order valence-electron chi connectivity index (χ3n) is 2.41. The van der Waals surface area contributed by atoms with Crippen molar-refractivity contribution >= 4 is 40.6 Å². The molecule has 0 aliphatic rings. The molecule has 1 heterocycles. The first-order valence-electron chi connectivity index (χ1n) is 5.03. The largest absolute Gasteiger partial charge is 0.383 e. The van der Waals surface area contributed by atoms with Crippen LogP contribution in [-0.2, 0) is 7.05 Å². The maximum Gasteiger partial charge on any atom is 0.261 e. The van der Waals surface area contributed by atoms with Crippen LogP contribution < -0.4 is 11.1 Å². The number of halogens is 2. The van der Waals surface area contributed by atoms with E-state index in [2.05, 4.69) is 10.4 Å². The first-order chi connectivity index (χ1) is 8.49. The number of carbonyl (C=O) groups is 1. The van der Waals surface area contributed by atoms with E-state index in [1.54, 1.807) is 25.2 Å². The van der Waals surface area contributed by atoms with Crippen molar-refractivity contribution in [3.63, 3.8) is 0 Å². The van der Waals surface area contributed by atoms with E-state index in [0.29, 0.717) is 27.1 Å². The van der Waals surface area contributed by atoms with E-state index >= 15 is 0 Å². The lowest BCUT2D eigenvalue weighted by Crippen LogP contribution is -2.13. The molecule has 0 atom stereocenters. The van der Waals surface area contributed by atoms with Crippen molar-refractivity contribution in [2.75, 3.05) is 11.1 Å². The van der Waals surface area contributed by atoms with Crippen LogP contribution in [0, 0.1) is 0 Å². The third kappa shape index (κ3) is 2.42. The average Bonchev–Trinajstić information content (AvgIpc) is 2.65. The van der Waals surface area contributed by atoms with Crippen molar-refractivity contribution in [1.29, 1.82) is 0 Å². The van der Waals surface area contributed by atoms with Crippen LogP contribution in [0.15, 0.2) is 24.4 Å². The first-order valence-corrected chi connectivity index (χ1v) is 5.78. The maximum absolute atomic E-state index is 11.9. The molecule has 0 spiro atoms. The molecule has 1 aromatic carbocycles. The Morgan fingerprint density at radius 1 is 1.39 bits per heavy atom. The first kappa shape index (κ1) is 12.7. The van der Waals surface area contributed by atoms with Gasteiger partial charge in [0.25, 0.3) is 5.91 Å². The van der Waals surface area contributed by atoms with Crippen molar-refractivity contribution in [3.8, 4) is 0 Å². The fourth-order valence-corrected chi connectivity index (χ4v) is 1.69. The molecule has 5 nitrogen and oxygen atoms in total. The van der Waals surface area contributed by atoms with Crippen molar-refractivity contribution in [2.24, 2.45) is 7.05 Å². The van der Waals surface area contributed by atoms with Gasteiger partial charge in [0.15, 0.2) is 0 Å². The summed E-state index contributed by atoms with van der Waals surface area (Å²) in [5.74, 6) is -0.0495. The third-order valence-corrected chi connectivity index (χ3v) is 3.15. The lowest BCUT2D eigenvalue weighted by Gasteiger charge is -2.05. The zero-order valence-corrected chi connectivity index (χ0v) is 11.0. The Morgan fingerprint density at radius 2 is 2.11 bits per heavy atom. The number of carbonyl (C=O) groups excluding carboxylic acids is 1. The highest BCUT2D eigenvalue weighted by Crippen LogP contribution is 2.25. The Balaban J connectivity index is 2.21. The molecule has 0 unspecified atom stereocenters. The molecule has 2 aromatic rings. The van der Waals surface area contributed by atoms with Crippen molar-refractivity contribution in [1.82, 2.24) is 9.78 Å². The number of nitrogen functional groups attached to an aromatic ring is 1. The van der Waals surface area contributed by atoms with Crippen LogP contribution in [0.4, 0.5) is 11.5 Å². The molecular formula is C11H10Cl2N4O. The Kier molecular flexibility index (Phi) is 3.45. The quantitative estimate of drug-likeness (QED) is 0.890. The molecular weight excluding hydrogens is 275 g/mol. The monoisotopic (exact) mass is 284 g/mol. The fourth-order valence-electron chi connectivity index (χ4n) is 1.39. The van der Waals surface area contributed by atoms with E-state index in [-0.39, 0.29) is 5.91 Å². The topological polar surface area (TPSA) is 72.9 Å². The van der Waals surface area contributed by atoms with Crippen molar-refractivity contribution in [2.45, 2.75) is 0 Å². The van der Waals surface area contributed by atoms with Gasteiger partial charge in [-0.2, -0.15) is 5.10 Å². The molecule has 2 rings (SSSR count). The zero-order chi connectivity index (χ0) is 13.3. The Morgan fingerprint density at radius 3 is 2.67 bits per heavy atom. The minimum absolute atomic E-state index is 0.299. The molecule has 18 heavy (non-hydrogen) atoms. The van der Waals surface area contributed by atoms with Gasteiger partial charge < -0.3 is 11.1 Å². The highest BCUT2D eigenvalue weighted by Gasteiger charge is 2.14. The Hall–Kier alpha value is -1.72. The predicted octanol–water partition coefficient (Wildman–Crippen LogP) is 2.56. The number of benzene rings is 1. The normalized spacial score (nSPS) is 10.4. The van der Waals surface area contributed by atoms with E-state index in [1.807, 2.05) is 0 Å².